The molecule has 11 heavy (non-hydrogen) atoms. The summed E-state index contributed by atoms with van der Waals surface area (Å²) in [5.74, 6) is 0.496. The monoisotopic (exact) mass is 155 g/mol. The zero-order valence-corrected chi connectivity index (χ0v) is 7.03. The fraction of sp³-hybridized carbons (Fsp3) is 0.857. The summed E-state index contributed by atoms with van der Waals surface area (Å²) in [7, 11) is 0.628. The molecule has 0 saturated carbocycles. The molecule has 0 amide bonds. The van der Waals surface area contributed by atoms with Gasteiger partial charge in [0, 0.05) is 0 Å². The van der Waals surface area contributed by atoms with Gasteiger partial charge in [0.2, 0.25) is 0 Å². The summed E-state index contributed by atoms with van der Waals surface area (Å²) in [6, 6.07) is -0.111. The van der Waals surface area contributed by atoms with Crippen LogP contribution in [0.4, 0.5) is 0 Å². The Hall–Kier alpha value is -0.505. The number of nitrogens with zero attached hydrogens (tertiary/aromatic N) is 1. The molecule has 0 rings (SSSR count). The second-order valence-electron chi connectivity index (χ2n) is 2.90. The Kier molecular flexibility index (Phi) is 5.94. The van der Waals surface area contributed by atoms with Gasteiger partial charge < -0.3 is 0 Å². The first kappa shape index (κ1) is 10.5. The first-order valence-corrected chi connectivity index (χ1v) is 3.78. The molecule has 3 nitrogen and oxygen atoms in total. The van der Waals surface area contributed by atoms with Gasteiger partial charge in [-0.1, -0.05) is 0 Å². The number of aliphatic hydroxyl groups is 1. The van der Waals surface area contributed by atoms with E-state index >= 15 is 0 Å². The number of aliphatic hydroxyl groups excluding tert-OH is 1. The van der Waals surface area contributed by atoms with Gasteiger partial charge in [0.25, 0.3) is 0 Å². The van der Waals surface area contributed by atoms with Gasteiger partial charge in [-0.3, -0.25) is 0 Å². The molecule has 1 atom stereocenters. The summed E-state index contributed by atoms with van der Waals surface area (Å²) < 4.78 is 9.88. The van der Waals surface area contributed by atoms with Crippen molar-refractivity contribution in [2.24, 2.45) is 10.9 Å². The molecule has 0 radical (unpaired) electrons. The predicted octanol–water partition coefficient (Wildman–Crippen LogP) is 0.471. The molecule has 0 aromatic heterocycles. The Balaban J connectivity index is 3.75. The summed E-state index contributed by atoms with van der Waals surface area (Å²) >= 11 is 0. The van der Waals surface area contributed by atoms with Crippen molar-refractivity contribution < 1.29 is 9.81 Å². The first-order chi connectivity index (χ1) is 5.20. The predicted molar refractivity (Wildman–Crippen MR) is 45.3 cm³/mol. The van der Waals surface area contributed by atoms with Crippen LogP contribution in [0, 0.1) is 5.92 Å². The van der Waals surface area contributed by atoms with Crippen molar-refractivity contribution in [1.29, 1.82) is 0 Å². The van der Waals surface area contributed by atoms with Crippen molar-refractivity contribution in [3.05, 3.63) is 0 Å². The molecule has 1 unspecified atom stereocenters. The molecule has 0 aromatic carbocycles. The zero-order valence-electron chi connectivity index (χ0n) is 7.03. The van der Waals surface area contributed by atoms with E-state index in [4.69, 9.17) is 5.11 Å². The summed E-state index contributed by atoms with van der Waals surface area (Å²) in [5, 5.41) is 8.77. The van der Waals surface area contributed by atoms with E-state index in [2.05, 4.69) is 18.8 Å². The van der Waals surface area contributed by atoms with E-state index < -0.39 is 0 Å². The minimum atomic E-state index is -0.111. The maximum absolute atomic E-state index is 9.88. The van der Waals surface area contributed by atoms with E-state index in [9.17, 15) is 4.70 Å². The SMILES string of the molecule is CC(C)CC(CO)N=CB=O. The van der Waals surface area contributed by atoms with E-state index in [0.29, 0.717) is 13.1 Å². The Morgan fingerprint density at radius 2 is 2.27 bits per heavy atom. The Morgan fingerprint density at radius 1 is 1.64 bits per heavy atom. The summed E-state index contributed by atoms with van der Waals surface area (Å²) in [4.78, 5) is 3.86. The van der Waals surface area contributed by atoms with Gasteiger partial charge in [0.1, 0.15) is 0 Å². The quantitative estimate of drug-likeness (QED) is 0.463. The van der Waals surface area contributed by atoms with Crippen LogP contribution in [-0.4, -0.2) is 31.0 Å². The second-order valence-corrected chi connectivity index (χ2v) is 2.90. The first-order valence-electron chi connectivity index (χ1n) is 3.78. The Morgan fingerprint density at radius 3 is 2.64 bits per heavy atom. The summed E-state index contributed by atoms with van der Waals surface area (Å²) in [6.45, 7) is 4.13. The van der Waals surface area contributed by atoms with Crippen LogP contribution >= 0.6 is 0 Å². The average molecular weight is 155 g/mol. The van der Waals surface area contributed by atoms with Gasteiger partial charge in [0.15, 0.2) is 0 Å². The van der Waals surface area contributed by atoms with Crippen molar-refractivity contribution in [2.45, 2.75) is 26.3 Å². The van der Waals surface area contributed by atoms with Gasteiger partial charge in [-0.25, -0.2) is 0 Å². The molecule has 62 valence electrons. The van der Waals surface area contributed by atoms with E-state index in [0.717, 1.165) is 6.42 Å². The van der Waals surface area contributed by atoms with Crippen LogP contribution in [0.1, 0.15) is 20.3 Å². The van der Waals surface area contributed by atoms with Crippen LogP contribution in [0.15, 0.2) is 4.99 Å². The molecule has 0 heterocycles. The Bertz CT molecular complexity index is 136. The molecule has 1 N–H and O–H groups in total. The zero-order chi connectivity index (χ0) is 8.69. The van der Waals surface area contributed by atoms with Crippen molar-refractivity contribution in [3.8, 4) is 0 Å². The van der Waals surface area contributed by atoms with E-state index in [-0.39, 0.29) is 12.6 Å². The van der Waals surface area contributed by atoms with Crippen LogP contribution < -0.4 is 0 Å². The molecule has 0 spiro atoms. The number of hydrogen-bond acceptors (Lipinski definition) is 3. The van der Waals surface area contributed by atoms with Crippen LogP contribution in [0.5, 0.6) is 0 Å². The van der Waals surface area contributed by atoms with Crippen LogP contribution in [0.25, 0.3) is 0 Å². The maximum atomic E-state index is 9.88. The molecule has 0 aliphatic carbocycles. The van der Waals surface area contributed by atoms with Gasteiger partial charge in [-0.15, -0.1) is 0 Å². The standard InChI is InChI=1S/C7H14BNO2/c1-6(2)3-7(4-10)9-5-8-11/h5-7,10H,3-4H2,1-2H3. The molecule has 0 bridgehead atoms. The molecule has 0 aliphatic heterocycles. The van der Waals surface area contributed by atoms with Crippen molar-refractivity contribution in [1.82, 2.24) is 0 Å². The Labute approximate surface area is 67.8 Å². The molecular formula is C7H14BNO2. The second kappa shape index (κ2) is 6.22. The van der Waals surface area contributed by atoms with Gasteiger partial charge in [0.05, 0.1) is 0 Å². The fourth-order valence-electron chi connectivity index (χ4n) is 0.884. The van der Waals surface area contributed by atoms with Gasteiger partial charge in [-0.2, -0.15) is 0 Å². The number of hydrogen-bond donors (Lipinski definition) is 1. The van der Waals surface area contributed by atoms with Crippen molar-refractivity contribution in [2.75, 3.05) is 6.61 Å². The average Bonchev–Trinajstić information content (AvgIpc) is 1.97. The molecule has 0 saturated heterocycles. The van der Waals surface area contributed by atoms with E-state index in [1.165, 1.54) is 6.11 Å². The number of rotatable bonds is 5. The molecule has 0 aliphatic rings. The third-order valence-electron chi connectivity index (χ3n) is 1.31. The van der Waals surface area contributed by atoms with Crippen molar-refractivity contribution >= 4 is 13.3 Å². The van der Waals surface area contributed by atoms with E-state index in [1.807, 2.05) is 0 Å². The molecule has 0 aromatic rings. The van der Waals surface area contributed by atoms with Crippen LogP contribution in [0.3, 0.4) is 0 Å². The fourth-order valence-corrected chi connectivity index (χ4v) is 0.884. The summed E-state index contributed by atoms with van der Waals surface area (Å²) in [6.07, 6.45) is 2.02. The molecule has 0 fully saturated rings. The number of aliphatic imine (C=N–C) groups is 1. The van der Waals surface area contributed by atoms with Gasteiger partial charge >= 0.3 is 66.9 Å². The normalized spacial score (nSPS) is 13.8. The third kappa shape index (κ3) is 5.92. The molecule has 4 heteroatoms. The van der Waals surface area contributed by atoms with Crippen LogP contribution in [-0.2, 0) is 4.70 Å². The van der Waals surface area contributed by atoms with Crippen molar-refractivity contribution in [3.63, 3.8) is 0 Å². The summed E-state index contributed by atoms with van der Waals surface area (Å²) in [5.41, 5.74) is 0. The van der Waals surface area contributed by atoms with Crippen LogP contribution in [0.2, 0.25) is 0 Å². The third-order valence-corrected chi connectivity index (χ3v) is 1.31. The minimum absolute atomic E-state index is 0.0164. The molecular weight excluding hydrogens is 141 g/mol. The van der Waals surface area contributed by atoms with E-state index in [1.54, 1.807) is 0 Å². The topological polar surface area (TPSA) is 49.7 Å². The van der Waals surface area contributed by atoms with Gasteiger partial charge in [-0.05, 0) is 0 Å².